The van der Waals surface area contributed by atoms with Crippen molar-refractivity contribution in [2.45, 2.75) is 0 Å². The van der Waals surface area contributed by atoms with Crippen LogP contribution in [0.1, 0.15) is 0 Å². The van der Waals surface area contributed by atoms with E-state index in [-0.39, 0.29) is 0 Å². The molecule has 0 unspecified atom stereocenters. The number of hydrogen-bond donors (Lipinski definition) is 2. The third-order valence-corrected chi connectivity index (χ3v) is 0.209. The lowest BCUT2D eigenvalue weighted by molar-refractivity contribution is 0.780. The summed E-state index contributed by atoms with van der Waals surface area (Å²) in [6.45, 7) is 0. The van der Waals surface area contributed by atoms with Gasteiger partial charge in [0.1, 0.15) is 0 Å². The van der Waals surface area contributed by atoms with Crippen LogP contribution in [-0.4, -0.2) is 0 Å². The number of rotatable bonds is 3. The molecule has 0 fully saturated rings. The molecule has 0 rings (SSSR count). The molecule has 0 aromatic heterocycles. The second-order valence-electron chi connectivity index (χ2n) is 0.558. The zero-order chi connectivity index (χ0) is 6.24. The molecule has 0 aliphatic heterocycles. The van der Waals surface area contributed by atoms with Crippen LogP contribution in [0.25, 0.3) is 0 Å². The SMILES string of the molecule is N=N/N=N/N=N/N=N. The van der Waals surface area contributed by atoms with Crippen LogP contribution in [0.2, 0.25) is 0 Å². The molecular formula is H2N8. The van der Waals surface area contributed by atoms with Crippen molar-refractivity contribution >= 4 is 0 Å². The monoisotopic (exact) mass is 114 g/mol. The molecular weight excluding hydrogens is 112 g/mol. The molecule has 0 saturated carbocycles. The van der Waals surface area contributed by atoms with Gasteiger partial charge in [0.25, 0.3) is 0 Å². The Labute approximate surface area is 43.7 Å². The van der Waals surface area contributed by atoms with Crippen molar-refractivity contribution in [1.82, 2.24) is 0 Å². The molecule has 0 saturated heterocycles. The second-order valence-corrected chi connectivity index (χ2v) is 0.558. The number of hydrogen-bond acceptors (Lipinski definition) is 2. The molecule has 0 amide bonds. The second kappa shape index (κ2) is 5.40. The Morgan fingerprint density at radius 1 is 0.625 bits per heavy atom. The number of nitrogens with one attached hydrogen (secondary N) is 2. The quantitative estimate of drug-likeness (QED) is 0.409. The van der Waals surface area contributed by atoms with Gasteiger partial charge in [-0.3, -0.25) is 0 Å². The van der Waals surface area contributed by atoms with E-state index in [0.717, 1.165) is 0 Å². The Hall–Kier alpha value is -1.60. The first-order chi connectivity index (χ1) is 3.91. The van der Waals surface area contributed by atoms with Gasteiger partial charge in [-0.1, -0.05) is 0 Å². The fourth-order valence-corrected chi connectivity index (χ4v) is 0.0758. The van der Waals surface area contributed by atoms with E-state index >= 15 is 0 Å². The van der Waals surface area contributed by atoms with Gasteiger partial charge in [0.15, 0.2) is 0 Å². The maximum absolute atomic E-state index is 6.02. The van der Waals surface area contributed by atoms with E-state index in [9.17, 15) is 0 Å². The molecule has 0 aliphatic carbocycles. The Bertz CT molecular complexity index is 100. The summed E-state index contributed by atoms with van der Waals surface area (Å²) >= 11 is 0. The summed E-state index contributed by atoms with van der Waals surface area (Å²) in [4.78, 5) is 0. The topological polar surface area (TPSA) is 122 Å². The lowest BCUT2D eigenvalue weighted by Gasteiger charge is -1.62. The summed E-state index contributed by atoms with van der Waals surface area (Å²) in [6, 6.07) is 0. The average Bonchev–Trinajstić information content (AvgIpc) is 1.81. The minimum atomic E-state index is 2.46. The first kappa shape index (κ1) is 6.40. The molecule has 0 heterocycles. The molecule has 0 atom stereocenters. The summed E-state index contributed by atoms with van der Waals surface area (Å²) in [5.74, 6) is 0. The van der Waals surface area contributed by atoms with Crippen LogP contribution in [0.5, 0.6) is 0 Å². The van der Waals surface area contributed by atoms with Crippen molar-refractivity contribution in [1.29, 1.82) is 11.1 Å². The first-order valence-electron chi connectivity index (χ1n) is 1.45. The molecule has 0 aliphatic rings. The minimum Gasteiger partial charge on any atom is -0.183 e. The van der Waals surface area contributed by atoms with Crippen LogP contribution >= 0.6 is 0 Å². The maximum atomic E-state index is 6.02. The van der Waals surface area contributed by atoms with Crippen LogP contribution < -0.4 is 0 Å². The molecule has 42 valence electrons. The molecule has 0 aromatic carbocycles. The highest BCUT2D eigenvalue weighted by Crippen LogP contribution is 1.79. The van der Waals surface area contributed by atoms with Gasteiger partial charge in [-0.2, -0.15) is 11.1 Å². The van der Waals surface area contributed by atoms with Crippen LogP contribution in [0.3, 0.4) is 0 Å². The molecule has 0 spiro atoms. The van der Waals surface area contributed by atoms with Crippen LogP contribution in [0.4, 0.5) is 0 Å². The standard InChI is InChI=1S/H2N8/c1-3-5-7-8-6-4-2/h1-2H/b3-1?,4-2?,7-5+,8-6+. The molecule has 0 aromatic rings. The van der Waals surface area contributed by atoms with Crippen molar-refractivity contribution in [3.8, 4) is 0 Å². The summed E-state index contributed by atoms with van der Waals surface area (Å²) < 4.78 is 0. The van der Waals surface area contributed by atoms with Gasteiger partial charge in [0, 0.05) is 0 Å². The molecule has 0 radical (unpaired) electrons. The van der Waals surface area contributed by atoms with Crippen molar-refractivity contribution < 1.29 is 0 Å². The Kier molecular flexibility index (Phi) is 4.32. The van der Waals surface area contributed by atoms with E-state index in [0.29, 0.717) is 0 Å². The maximum Gasteiger partial charge on any atom is -0.0000713 e. The fraction of sp³-hybridized carbons (Fsp3) is 0. The van der Waals surface area contributed by atoms with Gasteiger partial charge in [0.05, 0.1) is 0 Å². The summed E-state index contributed by atoms with van der Waals surface area (Å²) in [5, 5.41) is 16.0. The van der Waals surface area contributed by atoms with E-state index in [1.807, 2.05) is 0 Å². The highest BCUT2D eigenvalue weighted by Gasteiger charge is 1.59. The van der Waals surface area contributed by atoms with E-state index < -0.39 is 0 Å². The molecule has 0 bridgehead atoms. The molecule has 8 heteroatoms. The van der Waals surface area contributed by atoms with Crippen molar-refractivity contribution in [2.24, 2.45) is 31.3 Å². The Morgan fingerprint density at radius 3 is 1.25 bits per heavy atom. The van der Waals surface area contributed by atoms with Gasteiger partial charge in [0.2, 0.25) is 0 Å². The van der Waals surface area contributed by atoms with Gasteiger partial charge < -0.3 is 0 Å². The van der Waals surface area contributed by atoms with E-state index in [2.05, 4.69) is 31.3 Å². The third kappa shape index (κ3) is 4.40. The van der Waals surface area contributed by atoms with Crippen molar-refractivity contribution in [3.05, 3.63) is 0 Å². The summed E-state index contributed by atoms with van der Waals surface area (Å²) in [7, 11) is 0. The normalized spacial score (nSPS) is 10.5. The predicted molar refractivity (Wildman–Crippen MR) is 20.0 cm³/mol. The van der Waals surface area contributed by atoms with Crippen LogP contribution in [0, 0.1) is 11.1 Å². The molecule has 8 nitrogen and oxygen atoms in total. The van der Waals surface area contributed by atoms with Crippen molar-refractivity contribution in [2.75, 3.05) is 0 Å². The van der Waals surface area contributed by atoms with Gasteiger partial charge >= 0.3 is 0 Å². The van der Waals surface area contributed by atoms with E-state index in [4.69, 9.17) is 11.1 Å². The lowest BCUT2D eigenvalue weighted by atomic mass is 12.4. The van der Waals surface area contributed by atoms with E-state index in [1.54, 1.807) is 0 Å². The molecule has 2 N–H and O–H groups in total. The van der Waals surface area contributed by atoms with Crippen LogP contribution in [0.15, 0.2) is 31.3 Å². The van der Waals surface area contributed by atoms with E-state index in [1.165, 1.54) is 0 Å². The lowest BCUT2D eigenvalue weighted by Crippen LogP contribution is -1.42. The predicted octanol–water partition coefficient (Wildman–Crippen LogP) is 1.70. The first-order valence-corrected chi connectivity index (χ1v) is 1.45. The van der Waals surface area contributed by atoms with Crippen molar-refractivity contribution in [3.63, 3.8) is 0 Å². The highest BCUT2D eigenvalue weighted by molar-refractivity contribution is 4.02. The molecule has 8 heavy (non-hydrogen) atoms. The minimum absolute atomic E-state index is 2.46. The smallest absolute Gasteiger partial charge is 0.0000713 e. The Balaban J connectivity index is 3.41. The highest BCUT2D eigenvalue weighted by atomic mass is 15.6. The van der Waals surface area contributed by atoms with Gasteiger partial charge in [-0.15, -0.1) is 0 Å². The summed E-state index contributed by atoms with van der Waals surface area (Å²) in [6.07, 6.45) is 0. The van der Waals surface area contributed by atoms with Gasteiger partial charge in [-0.25, -0.2) is 0 Å². The average molecular weight is 114 g/mol. The third-order valence-electron chi connectivity index (χ3n) is 0.209. The zero-order valence-corrected chi connectivity index (χ0v) is 3.68. The van der Waals surface area contributed by atoms with Gasteiger partial charge in [-0.05, 0) is 31.3 Å². The largest absolute Gasteiger partial charge is 0.183 e. The fourth-order valence-electron chi connectivity index (χ4n) is 0.0758. The Morgan fingerprint density at radius 2 is 1.00 bits per heavy atom. The zero-order valence-electron chi connectivity index (χ0n) is 3.68. The summed E-state index contributed by atoms with van der Waals surface area (Å²) in [5.41, 5.74) is 12.0. The number of nitrogens with zero attached hydrogens (tertiary/aromatic N) is 6. The van der Waals surface area contributed by atoms with Crippen LogP contribution in [-0.2, 0) is 0 Å².